The summed E-state index contributed by atoms with van der Waals surface area (Å²) in [5.74, 6) is -0.385. The van der Waals surface area contributed by atoms with Crippen LogP contribution in [0.3, 0.4) is 0 Å². The summed E-state index contributed by atoms with van der Waals surface area (Å²) in [5, 5.41) is 3.24. The zero-order valence-electron chi connectivity index (χ0n) is 15.3. The SMILES string of the molecule is Cl.O=C(CCCS(=O)(=O)N1CCCC1)N1CCNCC1c1cccc(F)c1. The number of piperazine rings is 1. The number of benzene rings is 1. The molecule has 1 atom stereocenters. The Morgan fingerprint density at radius 3 is 2.67 bits per heavy atom. The fraction of sp³-hybridized carbons (Fsp3) is 0.611. The molecule has 3 rings (SSSR count). The van der Waals surface area contributed by atoms with E-state index in [4.69, 9.17) is 0 Å². The van der Waals surface area contributed by atoms with Gasteiger partial charge in [-0.05, 0) is 37.0 Å². The van der Waals surface area contributed by atoms with Crippen molar-refractivity contribution in [3.05, 3.63) is 35.6 Å². The highest BCUT2D eigenvalue weighted by molar-refractivity contribution is 7.89. The van der Waals surface area contributed by atoms with Crippen LogP contribution < -0.4 is 5.32 Å². The van der Waals surface area contributed by atoms with Crippen LogP contribution in [0.15, 0.2) is 24.3 Å². The average molecular weight is 420 g/mol. The predicted molar refractivity (Wildman–Crippen MR) is 105 cm³/mol. The Bertz CT molecular complexity index is 741. The lowest BCUT2D eigenvalue weighted by Crippen LogP contribution is -2.48. The fourth-order valence-corrected chi connectivity index (χ4v) is 5.24. The van der Waals surface area contributed by atoms with Crippen LogP contribution in [-0.2, 0) is 14.8 Å². The van der Waals surface area contributed by atoms with Crippen molar-refractivity contribution in [3.8, 4) is 0 Å². The van der Waals surface area contributed by atoms with Crippen LogP contribution in [0, 0.1) is 5.82 Å². The molecule has 0 saturated carbocycles. The molecule has 0 spiro atoms. The maximum absolute atomic E-state index is 13.5. The Morgan fingerprint density at radius 2 is 1.96 bits per heavy atom. The van der Waals surface area contributed by atoms with E-state index in [1.807, 2.05) is 6.07 Å². The second-order valence-corrected chi connectivity index (χ2v) is 8.98. The molecule has 2 fully saturated rings. The van der Waals surface area contributed by atoms with Gasteiger partial charge in [0, 0.05) is 39.1 Å². The highest BCUT2D eigenvalue weighted by Gasteiger charge is 2.29. The minimum Gasteiger partial charge on any atom is -0.333 e. The van der Waals surface area contributed by atoms with Crippen LogP contribution in [-0.4, -0.2) is 62.0 Å². The first-order valence-corrected chi connectivity index (χ1v) is 10.8. The number of nitrogens with one attached hydrogen (secondary N) is 1. The smallest absolute Gasteiger partial charge is 0.223 e. The Kier molecular flexibility index (Phi) is 8.03. The summed E-state index contributed by atoms with van der Waals surface area (Å²) in [6, 6.07) is 6.08. The molecular weight excluding hydrogens is 393 g/mol. The van der Waals surface area contributed by atoms with Gasteiger partial charge >= 0.3 is 0 Å². The molecule has 1 aromatic carbocycles. The van der Waals surface area contributed by atoms with E-state index in [0.29, 0.717) is 39.1 Å². The van der Waals surface area contributed by atoms with E-state index >= 15 is 0 Å². The van der Waals surface area contributed by atoms with Gasteiger partial charge in [0.1, 0.15) is 5.82 Å². The maximum Gasteiger partial charge on any atom is 0.223 e. The second kappa shape index (κ2) is 9.82. The maximum atomic E-state index is 13.5. The fourth-order valence-electron chi connectivity index (χ4n) is 3.66. The van der Waals surface area contributed by atoms with Crippen molar-refractivity contribution in [1.82, 2.24) is 14.5 Å². The van der Waals surface area contributed by atoms with Crippen LogP contribution in [0.5, 0.6) is 0 Å². The molecule has 1 aromatic rings. The quantitative estimate of drug-likeness (QED) is 0.764. The van der Waals surface area contributed by atoms with E-state index in [1.54, 1.807) is 11.0 Å². The highest BCUT2D eigenvalue weighted by Crippen LogP contribution is 2.24. The molecule has 27 heavy (non-hydrogen) atoms. The van der Waals surface area contributed by atoms with E-state index in [1.165, 1.54) is 16.4 Å². The molecule has 9 heteroatoms. The molecule has 1 unspecified atom stereocenters. The number of amides is 1. The highest BCUT2D eigenvalue weighted by atomic mass is 35.5. The average Bonchev–Trinajstić information content (AvgIpc) is 3.17. The first-order valence-electron chi connectivity index (χ1n) is 9.21. The van der Waals surface area contributed by atoms with Crippen LogP contribution in [0.2, 0.25) is 0 Å². The largest absolute Gasteiger partial charge is 0.333 e. The number of hydrogen-bond acceptors (Lipinski definition) is 4. The molecule has 2 aliphatic rings. The Balaban J connectivity index is 0.00000261. The van der Waals surface area contributed by atoms with Crippen LogP contribution in [0.25, 0.3) is 0 Å². The first-order chi connectivity index (χ1) is 12.5. The summed E-state index contributed by atoms with van der Waals surface area (Å²) in [4.78, 5) is 14.4. The molecule has 2 saturated heterocycles. The summed E-state index contributed by atoms with van der Waals surface area (Å²) in [6.45, 7) is 2.98. The number of carbonyl (C=O) groups is 1. The molecule has 0 aromatic heterocycles. The van der Waals surface area contributed by atoms with Crippen molar-refractivity contribution < 1.29 is 17.6 Å². The summed E-state index contributed by atoms with van der Waals surface area (Å²) < 4.78 is 39.6. The second-order valence-electron chi connectivity index (χ2n) is 6.89. The minimum atomic E-state index is -3.26. The number of nitrogens with zero attached hydrogens (tertiary/aromatic N) is 2. The molecular formula is C18H27ClFN3O3S. The zero-order valence-corrected chi connectivity index (χ0v) is 16.9. The van der Waals surface area contributed by atoms with Crippen molar-refractivity contribution in [2.24, 2.45) is 0 Å². The number of rotatable bonds is 6. The molecule has 1 amide bonds. The summed E-state index contributed by atoms with van der Waals surface area (Å²) >= 11 is 0. The van der Waals surface area contributed by atoms with Crippen molar-refractivity contribution >= 4 is 28.3 Å². The standard InChI is InChI=1S/C18H26FN3O3S.ClH/c19-16-6-3-5-15(13-16)17-14-20-8-11-22(17)18(23)7-4-12-26(24,25)21-9-1-2-10-21;/h3,5-6,13,17,20H,1-2,4,7-12,14H2;1H. The first kappa shape index (κ1) is 22.1. The molecule has 0 aliphatic carbocycles. The van der Waals surface area contributed by atoms with Crippen LogP contribution in [0.4, 0.5) is 4.39 Å². The summed E-state index contributed by atoms with van der Waals surface area (Å²) in [5.41, 5.74) is 0.759. The van der Waals surface area contributed by atoms with Gasteiger partial charge in [-0.1, -0.05) is 12.1 Å². The minimum absolute atomic E-state index is 0. The zero-order chi connectivity index (χ0) is 18.6. The number of sulfonamides is 1. The van der Waals surface area contributed by atoms with Gasteiger partial charge in [0.05, 0.1) is 11.8 Å². The lowest BCUT2D eigenvalue weighted by atomic mass is 10.0. The third kappa shape index (κ3) is 5.63. The van der Waals surface area contributed by atoms with Crippen LogP contribution >= 0.6 is 12.4 Å². The van der Waals surface area contributed by atoms with Gasteiger partial charge < -0.3 is 10.2 Å². The lowest BCUT2D eigenvalue weighted by Gasteiger charge is -2.36. The predicted octanol–water partition coefficient (Wildman–Crippen LogP) is 1.93. The van der Waals surface area contributed by atoms with Gasteiger partial charge in [0.25, 0.3) is 0 Å². The van der Waals surface area contributed by atoms with E-state index in [0.717, 1.165) is 18.4 Å². The summed E-state index contributed by atoms with van der Waals surface area (Å²) in [7, 11) is -3.26. The normalized spacial score (nSPS) is 21.1. The van der Waals surface area contributed by atoms with E-state index < -0.39 is 10.0 Å². The molecule has 0 bridgehead atoms. The van der Waals surface area contributed by atoms with Gasteiger partial charge in [0.2, 0.25) is 15.9 Å². The third-order valence-corrected chi connectivity index (χ3v) is 7.01. The lowest BCUT2D eigenvalue weighted by molar-refractivity contribution is -0.134. The molecule has 2 heterocycles. The molecule has 6 nitrogen and oxygen atoms in total. The number of halogens is 2. The Labute approximate surface area is 166 Å². The Morgan fingerprint density at radius 1 is 1.22 bits per heavy atom. The van der Waals surface area contributed by atoms with Gasteiger partial charge in [-0.15, -0.1) is 12.4 Å². The third-order valence-electron chi connectivity index (χ3n) is 5.05. The van der Waals surface area contributed by atoms with E-state index in [9.17, 15) is 17.6 Å². The Hall–Kier alpha value is -1.22. The number of carbonyl (C=O) groups excluding carboxylic acids is 1. The van der Waals surface area contributed by atoms with Crippen molar-refractivity contribution in [2.45, 2.75) is 31.7 Å². The topological polar surface area (TPSA) is 69.7 Å². The molecule has 0 radical (unpaired) electrons. The van der Waals surface area contributed by atoms with E-state index in [-0.39, 0.29) is 42.3 Å². The van der Waals surface area contributed by atoms with Crippen molar-refractivity contribution in [1.29, 1.82) is 0 Å². The monoisotopic (exact) mass is 419 g/mol. The number of hydrogen-bond donors (Lipinski definition) is 1. The van der Waals surface area contributed by atoms with E-state index in [2.05, 4.69) is 5.32 Å². The van der Waals surface area contributed by atoms with Crippen LogP contribution in [0.1, 0.15) is 37.3 Å². The summed E-state index contributed by atoms with van der Waals surface area (Å²) in [6.07, 6.45) is 2.33. The van der Waals surface area contributed by atoms with Gasteiger partial charge in [-0.3, -0.25) is 4.79 Å². The van der Waals surface area contributed by atoms with Gasteiger partial charge in [-0.2, -0.15) is 0 Å². The van der Waals surface area contributed by atoms with Crippen molar-refractivity contribution in [3.63, 3.8) is 0 Å². The van der Waals surface area contributed by atoms with Crippen molar-refractivity contribution in [2.75, 3.05) is 38.5 Å². The molecule has 2 aliphatic heterocycles. The van der Waals surface area contributed by atoms with Gasteiger partial charge in [-0.25, -0.2) is 17.1 Å². The van der Waals surface area contributed by atoms with Gasteiger partial charge in [0.15, 0.2) is 0 Å². The molecule has 152 valence electrons. The molecule has 1 N–H and O–H groups in total.